The zero-order chi connectivity index (χ0) is 12.8. The summed E-state index contributed by atoms with van der Waals surface area (Å²) in [6.45, 7) is 8.15. The predicted molar refractivity (Wildman–Crippen MR) is 72.6 cm³/mol. The van der Waals surface area contributed by atoms with Gasteiger partial charge >= 0.3 is 0 Å². The molecule has 100 valence electrons. The van der Waals surface area contributed by atoms with Gasteiger partial charge in [0.15, 0.2) is 0 Å². The minimum atomic E-state index is 0.521. The lowest BCUT2D eigenvalue weighted by Crippen LogP contribution is -2.39. The number of pyridine rings is 1. The molecule has 0 atom stereocenters. The molecule has 0 amide bonds. The van der Waals surface area contributed by atoms with Crippen LogP contribution in [0.5, 0.6) is 0 Å². The molecule has 0 unspecified atom stereocenters. The number of morpholine rings is 1. The van der Waals surface area contributed by atoms with Crippen LogP contribution in [0.25, 0.3) is 0 Å². The van der Waals surface area contributed by atoms with Gasteiger partial charge in [-0.1, -0.05) is 6.07 Å². The Morgan fingerprint density at radius 1 is 1.39 bits per heavy atom. The molecule has 0 saturated carbocycles. The number of hydrogen-bond donors (Lipinski definition) is 2. The molecular weight excluding hydrogens is 228 g/mol. The first-order valence-electron chi connectivity index (χ1n) is 6.50. The summed E-state index contributed by atoms with van der Waals surface area (Å²) in [6.07, 6.45) is 0. The van der Waals surface area contributed by atoms with Crippen LogP contribution in [-0.4, -0.2) is 49.3 Å². The van der Waals surface area contributed by atoms with Crippen molar-refractivity contribution in [3.8, 4) is 0 Å². The highest BCUT2D eigenvalue weighted by Gasteiger charge is 2.10. The summed E-state index contributed by atoms with van der Waals surface area (Å²) in [5.74, 6) is 0.922. The van der Waals surface area contributed by atoms with Crippen LogP contribution in [0.3, 0.4) is 0 Å². The van der Waals surface area contributed by atoms with E-state index in [2.05, 4.69) is 15.2 Å². The predicted octanol–water partition coefficient (Wildman–Crippen LogP) is 0.593. The molecule has 1 aromatic heterocycles. The van der Waals surface area contributed by atoms with Gasteiger partial charge in [-0.3, -0.25) is 4.90 Å². The topological polar surface area (TPSA) is 63.4 Å². The molecule has 5 heteroatoms. The summed E-state index contributed by atoms with van der Waals surface area (Å²) < 4.78 is 5.33. The Labute approximate surface area is 108 Å². The Balaban J connectivity index is 1.83. The van der Waals surface area contributed by atoms with E-state index in [1.54, 1.807) is 0 Å². The van der Waals surface area contributed by atoms with Crippen molar-refractivity contribution in [1.82, 2.24) is 9.88 Å². The second-order valence-corrected chi connectivity index (χ2v) is 4.55. The van der Waals surface area contributed by atoms with Crippen LogP contribution in [0.15, 0.2) is 12.1 Å². The number of anilines is 1. The fraction of sp³-hybridized carbons (Fsp3) is 0.615. The van der Waals surface area contributed by atoms with Crippen LogP contribution in [0.2, 0.25) is 0 Å². The van der Waals surface area contributed by atoms with Crippen LogP contribution < -0.4 is 11.1 Å². The van der Waals surface area contributed by atoms with E-state index < -0.39 is 0 Å². The average Bonchev–Trinajstić information content (AvgIpc) is 2.40. The van der Waals surface area contributed by atoms with E-state index >= 15 is 0 Å². The largest absolute Gasteiger partial charge is 0.379 e. The molecule has 0 bridgehead atoms. The first-order chi connectivity index (χ1) is 8.79. The van der Waals surface area contributed by atoms with Crippen LogP contribution in [0, 0.1) is 6.92 Å². The number of nitrogens with zero attached hydrogens (tertiary/aromatic N) is 2. The molecule has 3 N–H and O–H groups in total. The van der Waals surface area contributed by atoms with E-state index in [0.29, 0.717) is 6.54 Å². The van der Waals surface area contributed by atoms with Crippen molar-refractivity contribution in [2.24, 2.45) is 5.73 Å². The van der Waals surface area contributed by atoms with E-state index in [9.17, 15) is 0 Å². The third kappa shape index (κ3) is 3.66. The van der Waals surface area contributed by atoms with E-state index in [0.717, 1.165) is 56.5 Å². The van der Waals surface area contributed by atoms with Crippen molar-refractivity contribution in [3.05, 3.63) is 23.4 Å². The summed E-state index contributed by atoms with van der Waals surface area (Å²) in [7, 11) is 0. The van der Waals surface area contributed by atoms with Gasteiger partial charge in [0.25, 0.3) is 0 Å². The van der Waals surface area contributed by atoms with Gasteiger partial charge in [0, 0.05) is 44.0 Å². The molecule has 1 aliphatic rings. The maximum atomic E-state index is 5.71. The number of nitrogens with one attached hydrogen (secondary N) is 1. The second-order valence-electron chi connectivity index (χ2n) is 4.55. The normalized spacial score (nSPS) is 16.8. The maximum absolute atomic E-state index is 5.71. The third-order valence-electron chi connectivity index (χ3n) is 3.16. The number of hydrogen-bond acceptors (Lipinski definition) is 5. The minimum absolute atomic E-state index is 0.521. The lowest BCUT2D eigenvalue weighted by molar-refractivity contribution is 0.0398. The summed E-state index contributed by atoms with van der Waals surface area (Å²) in [4.78, 5) is 6.89. The maximum Gasteiger partial charge on any atom is 0.130 e. The van der Waals surface area contributed by atoms with Crippen molar-refractivity contribution >= 4 is 5.82 Å². The molecule has 0 aromatic carbocycles. The summed E-state index contributed by atoms with van der Waals surface area (Å²) >= 11 is 0. The van der Waals surface area contributed by atoms with Crippen LogP contribution in [0.1, 0.15) is 11.3 Å². The molecule has 1 aromatic rings. The van der Waals surface area contributed by atoms with Crippen LogP contribution in [-0.2, 0) is 11.3 Å². The van der Waals surface area contributed by atoms with Crippen molar-refractivity contribution in [2.75, 3.05) is 44.7 Å². The monoisotopic (exact) mass is 250 g/mol. The van der Waals surface area contributed by atoms with Crippen molar-refractivity contribution in [3.63, 3.8) is 0 Å². The highest BCUT2D eigenvalue weighted by molar-refractivity contribution is 5.44. The van der Waals surface area contributed by atoms with Gasteiger partial charge < -0.3 is 15.8 Å². The number of nitrogens with two attached hydrogens (primary N) is 1. The molecule has 1 saturated heterocycles. The Morgan fingerprint density at radius 3 is 2.89 bits per heavy atom. The van der Waals surface area contributed by atoms with Gasteiger partial charge in [0.05, 0.1) is 13.2 Å². The van der Waals surface area contributed by atoms with Gasteiger partial charge in [0.2, 0.25) is 0 Å². The molecule has 18 heavy (non-hydrogen) atoms. The molecule has 2 rings (SSSR count). The van der Waals surface area contributed by atoms with Crippen molar-refractivity contribution < 1.29 is 4.74 Å². The minimum Gasteiger partial charge on any atom is -0.379 e. The quantitative estimate of drug-likeness (QED) is 0.801. The van der Waals surface area contributed by atoms with E-state index in [1.165, 1.54) is 0 Å². The number of aromatic nitrogens is 1. The fourth-order valence-corrected chi connectivity index (χ4v) is 2.06. The highest BCUT2D eigenvalue weighted by Crippen LogP contribution is 2.12. The zero-order valence-corrected chi connectivity index (χ0v) is 11.0. The molecule has 0 aliphatic carbocycles. The Hall–Kier alpha value is -1.17. The summed E-state index contributed by atoms with van der Waals surface area (Å²) in [5.41, 5.74) is 7.80. The van der Waals surface area contributed by atoms with Crippen LogP contribution in [0.4, 0.5) is 5.82 Å². The van der Waals surface area contributed by atoms with Gasteiger partial charge in [-0.15, -0.1) is 0 Å². The Bertz CT molecular complexity index is 377. The molecule has 1 aliphatic heterocycles. The van der Waals surface area contributed by atoms with E-state index in [4.69, 9.17) is 10.5 Å². The number of aryl methyl sites for hydroxylation is 1. The second kappa shape index (κ2) is 6.68. The van der Waals surface area contributed by atoms with Gasteiger partial charge in [-0.05, 0) is 13.0 Å². The van der Waals surface area contributed by atoms with Crippen molar-refractivity contribution in [2.45, 2.75) is 13.5 Å². The van der Waals surface area contributed by atoms with E-state index in [1.807, 2.05) is 19.1 Å². The summed E-state index contributed by atoms with van der Waals surface area (Å²) in [6, 6.07) is 4.04. The Morgan fingerprint density at radius 2 is 2.17 bits per heavy atom. The van der Waals surface area contributed by atoms with Gasteiger partial charge in [-0.25, -0.2) is 4.98 Å². The molecule has 1 fully saturated rings. The SMILES string of the molecule is Cc1ccc(CN)c(NCCN2CCOCC2)n1. The van der Waals surface area contributed by atoms with E-state index in [-0.39, 0.29) is 0 Å². The van der Waals surface area contributed by atoms with Crippen LogP contribution >= 0.6 is 0 Å². The molecular formula is C13H22N4O. The molecule has 2 heterocycles. The zero-order valence-electron chi connectivity index (χ0n) is 11.0. The lowest BCUT2D eigenvalue weighted by atomic mass is 10.2. The molecule has 5 nitrogen and oxygen atoms in total. The number of rotatable bonds is 5. The lowest BCUT2D eigenvalue weighted by Gasteiger charge is -2.26. The number of ether oxygens (including phenoxy) is 1. The smallest absolute Gasteiger partial charge is 0.130 e. The van der Waals surface area contributed by atoms with Gasteiger partial charge in [0.1, 0.15) is 5.82 Å². The average molecular weight is 250 g/mol. The molecule has 0 radical (unpaired) electrons. The Kier molecular flexibility index (Phi) is 4.92. The third-order valence-corrected chi connectivity index (χ3v) is 3.16. The highest BCUT2D eigenvalue weighted by atomic mass is 16.5. The standard InChI is InChI=1S/C13H22N4O/c1-11-2-3-12(10-14)13(16-11)15-4-5-17-6-8-18-9-7-17/h2-3H,4-10,14H2,1H3,(H,15,16). The first-order valence-corrected chi connectivity index (χ1v) is 6.50. The van der Waals surface area contributed by atoms with Crippen molar-refractivity contribution in [1.29, 1.82) is 0 Å². The fourth-order valence-electron chi connectivity index (χ4n) is 2.06. The first kappa shape index (κ1) is 13.3. The molecule has 0 spiro atoms. The van der Waals surface area contributed by atoms with Gasteiger partial charge in [-0.2, -0.15) is 0 Å². The summed E-state index contributed by atoms with van der Waals surface area (Å²) in [5, 5.41) is 3.38.